The van der Waals surface area contributed by atoms with Crippen molar-refractivity contribution in [2.75, 3.05) is 6.54 Å². The van der Waals surface area contributed by atoms with E-state index in [0.717, 1.165) is 36.1 Å². The third-order valence-electron chi connectivity index (χ3n) is 2.96. The standard InChI is InChI=1S/C16H29N3S/c1-11(2)8-17-9-14-12(3)18-15(19-13(14)4)10-20-16(5,6)7/h11,17H,8-10H2,1-7H3. The Hall–Kier alpha value is -0.610. The Morgan fingerprint density at radius 3 is 2.10 bits per heavy atom. The van der Waals surface area contributed by atoms with Crippen molar-refractivity contribution >= 4 is 11.8 Å². The molecule has 0 radical (unpaired) electrons. The maximum absolute atomic E-state index is 4.66. The number of aromatic nitrogens is 2. The van der Waals surface area contributed by atoms with Crippen LogP contribution in [0.3, 0.4) is 0 Å². The van der Waals surface area contributed by atoms with Crippen molar-refractivity contribution in [3.05, 3.63) is 22.8 Å². The van der Waals surface area contributed by atoms with Gasteiger partial charge in [-0.15, -0.1) is 11.8 Å². The summed E-state index contributed by atoms with van der Waals surface area (Å²) in [4.78, 5) is 9.33. The molecule has 0 spiro atoms. The molecular formula is C16H29N3S. The van der Waals surface area contributed by atoms with E-state index in [0.29, 0.717) is 5.92 Å². The van der Waals surface area contributed by atoms with E-state index in [9.17, 15) is 0 Å². The quantitative estimate of drug-likeness (QED) is 0.864. The molecule has 0 fully saturated rings. The second-order valence-electron chi connectivity index (χ2n) is 6.72. The Labute approximate surface area is 128 Å². The van der Waals surface area contributed by atoms with Gasteiger partial charge in [-0.2, -0.15) is 0 Å². The van der Waals surface area contributed by atoms with Crippen LogP contribution in [0.4, 0.5) is 0 Å². The number of aryl methyl sites for hydroxylation is 2. The summed E-state index contributed by atoms with van der Waals surface area (Å²) in [5.41, 5.74) is 3.46. The lowest BCUT2D eigenvalue weighted by molar-refractivity contribution is 0.548. The van der Waals surface area contributed by atoms with Crippen LogP contribution in [0.15, 0.2) is 0 Å². The van der Waals surface area contributed by atoms with Crippen LogP contribution in [-0.4, -0.2) is 21.3 Å². The van der Waals surface area contributed by atoms with E-state index in [1.165, 1.54) is 5.56 Å². The molecule has 4 heteroatoms. The van der Waals surface area contributed by atoms with E-state index in [1.54, 1.807) is 0 Å². The average molecular weight is 295 g/mol. The van der Waals surface area contributed by atoms with Crippen molar-refractivity contribution in [3.8, 4) is 0 Å². The number of hydrogen-bond acceptors (Lipinski definition) is 4. The van der Waals surface area contributed by atoms with Crippen LogP contribution in [0.1, 0.15) is 57.4 Å². The van der Waals surface area contributed by atoms with Crippen molar-refractivity contribution in [1.82, 2.24) is 15.3 Å². The van der Waals surface area contributed by atoms with E-state index in [-0.39, 0.29) is 4.75 Å². The molecule has 1 heterocycles. The van der Waals surface area contributed by atoms with Crippen molar-refractivity contribution in [2.24, 2.45) is 5.92 Å². The summed E-state index contributed by atoms with van der Waals surface area (Å²) in [7, 11) is 0. The fourth-order valence-electron chi connectivity index (χ4n) is 1.90. The van der Waals surface area contributed by atoms with Gasteiger partial charge >= 0.3 is 0 Å². The molecule has 0 atom stereocenters. The first-order valence-corrected chi connectivity index (χ1v) is 8.35. The zero-order chi connectivity index (χ0) is 15.3. The van der Waals surface area contributed by atoms with Crippen LogP contribution < -0.4 is 5.32 Å². The SMILES string of the molecule is Cc1nc(CSC(C)(C)C)nc(C)c1CNCC(C)C. The van der Waals surface area contributed by atoms with Gasteiger partial charge < -0.3 is 5.32 Å². The maximum atomic E-state index is 4.66. The van der Waals surface area contributed by atoms with Crippen LogP contribution in [-0.2, 0) is 12.3 Å². The van der Waals surface area contributed by atoms with Gasteiger partial charge in [0.2, 0.25) is 0 Å². The molecule has 0 saturated heterocycles. The first-order chi connectivity index (χ1) is 9.19. The number of nitrogens with zero attached hydrogens (tertiary/aromatic N) is 2. The molecule has 0 aliphatic carbocycles. The Kier molecular flexibility index (Phi) is 6.46. The summed E-state index contributed by atoms with van der Waals surface area (Å²) >= 11 is 1.89. The number of rotatable bonds is 6. The van der Waals surface area contributed by atoms with Gasteiger partial charge in [0.25, 0.3) is 0 Å². The summed E-state index contributed by atoms with van der Waals surface area (Å²) in [5.74, 6) is 2.50. The van der Waals surface area contributed by atoms with Gasteiger partial charge in [0.15, 0.2) is 0 Å². The maximum Gasteiger partial charge on any atom is 0.138 e. The van der Waals surface area contributed by atoms with Crippen molar-refractivity contribution < 1.29 is 0 Å². The molecule has 114 valence electrons. The molecule has 0 aromatic carbocycles. The predicted octanol–water partition coefficient (Wildman–Crippen LogP) is 3.87. The molecule has 0 aliphatic heterocycles. The number of nitrogens with one attached hydrogen (secondary N) is 1. The van der Waals surface area contributed by atoms with Gasteiger partial charge in [0.05, 0.1) is 5.75 Å². The highest BCUT2D eigenvalue weighted by Gasteiger charge is 2.13. The van der Waals surface area contributed by atoms with Gasteiger partial charge in [0.1, 0.15) is 5.82 Å². The molecule has 0 amide bonds. The van der Waals surface area contributed by atoms with Gasteiger partial charge in [-0.05, 0) is 26.3 Å². The summed E-state index contributed by atoms with van der Waals surface area (Å²) in [5, 5.41) is 3.47. The summed E-state index contributed by atoms with van der Waals surface area (Å²) in [6, 6.07) is 0. The van der Waals surface area contributed by atoms with Crippen molar-refractivity contribution in [3.63, 3.8) is 0 Å². The van der Waals surface area contributed by atoms with Crippen LogP contribution in [0.25, 0.3) is 0 Å². The Bertz CT molecular complexity index is 413. The topological polar surface area (TPSA) is 37.8 Å². The van der Waals surface area contributed by atoms with E-state index < -0.39 is 0 Å². The van der Waals surface area contributed by atoms with E-state index in [4.69, 9.17) is 0 Å². The van der Waals surface area contributed by atoms with E-state index in [1.807, 2.05) is 11.8 Å². The van der Waals surface area contributed by atoms with Gasteiger partial charge in [-0.1, -0.05) is 34.6 Å². The molecule has 3 nitrogen and oxygen atoms in total. The normalized spacial score (nSPS) is 12.2. The fraction of sp³-hybridized carbons (Fsp3) is 0.750. The van der Waals surface area contributed by atoms with Crippen LogP contribution >= 0.6 is 11.8 Å². The van der Waals surface area contributed by atoms with E-state index in [2.05, 4.69) is 63.8 Å². The average Bonchev–Trinajstić information content (AvgIpc) is 2.29. The Balaban J connectivity index is 2.71. The first-order valence-electron chi connectivity index (χ1n) is 7.36. The summed E-state index contributed by atoms with van der Waals surface area (Å²) in [6.07, 6.45) is 0. The molecule has 0 aliphatic rings. The lowest BCUT2D eigenvalue weighted by atomic mass is 10.1. The molecule has 1 aromatic rings. The minimum Gasteiger partial charge on any atom is -0.312 e. The van der Waals surface area contributed by atoms with Crippen LogP contribution in [0.2, 0.25) is 0 Å². The first kappa shape index (κ1) is 17.4. The zero-order valence-corrected chi connectivity index (χ0v) is 14.8. The largest absolute Gasteiger partial charge is 0.312 e. The molecule has 0 bridgehead atoms. The lowest BCUT2D eigenvalue weighted by Crippen LogP contribution is -2.21. The monoisotopic (exact) mass is 295 g/mol. The third kappa shape index (κ3) is 6.23. The minimum atomic E-state index is 0.253. The lowest BCUT2D eigenvalue weighted by Gasteiger charge is -2.18. The molecule has 1 rings (SSSR count). The molecule has 0 unspecified atom stereocenters. The summed E-state index contributed by atoms with van der Waals surface area (Å²) < 4.78 is 0.253. The highest BCUT2D eigenvalue weighted by molar-refractivity contribution is 7.99. The van der Waals surface area contributed by atoms with Gasteiger partial charge in [-0.3, -0.25) is 0 Å². The Morgan fingerprint density at radius 1 is 1.10 bits per heavy atom. The van der Waals surface area contributed by atoms with Crippen molar-refractivity contribution in [1.29, 1.82) is 0 Å². The zero-order valence-electron chi connectivity index (χ0n) is 14.0. The highest BCUT2D eigenvalue weighted by Crippen LogP contribution is 2.26. The second-order valence-corrected chi connectivity index (χ2v) is 8.52. The highest BCUT2D eigenvalue weighted by atomic mass is 32.2. The number of thioether (sulfide) groups is 1. The molecule has 1 N–H and O–H groups in total. The Morgan fingerprint density at radius 2 is 1.65 bits per heavy atom. The molecule has 0 saturated carbocycles. The molecular weight excluding hydrogens is 266 g/mol. The second kappa shape index (κ2) is 7.41. The van der Waals surface area contributed by atoms with Crippen LogP contribution in [0.5, 0.6) is 0 Å². The predicted molar refractivity (Wildman–Crippen MR) is 89.1 cm³/mol. The fourth-order valence-corrected chi connectivity index (χ4v) is 2.59. The third-order valence-corrected chi connectivity index (χ3v) is 4.22. The number of hydrogen-bond donors (Lipinski definition) is 1. The van der Waals surface area contributed by atoms with E-state index >= 15 is 0 Å². The summed E-state index contributed by atoms with van der Waals surface area (Å²) in [6.45, 7) is 17.2. The van der Waals surface area contributed by atoms with Gasteiger partial charge in [0, 0.05) is 28.2 Å². The van der Waals surface area contributed by atoms with Gasteiger partial charge in [-0.25, -0.2) is 9.97 Å². The smallest absolute Gasteiger partial charge is 0.138 e. The minimum absolute atomic E-state index is 0.253. The molecule has 20 heavy (non-hydrogen) atoms. The van der Waals surface area contributed by atoms with Crippen molar-refractivity contribution in [2.45, 2.75) is 65.5 Å². The van der Waals surface area contributed by atoms with Crippen LogP contribution in [0, 0.1) is 19.8 Å². The molecule has 1 aromatic heterocycles.